The fourth-order valence-corrected chi connectivity index (χ4v) is 3.81. The molecule has 1 aliphatic carbocycles. The third-order valence-electron chi connectivity index (χ3n) is 3.88. The second kappa shape index (κ2) is 6.23. The van der Waals surface area contributed by atoms with Gasteiger partial charge in [0.05, 0.1) is 10.9 Å². The highest BCUT2D eigenvalue weighted by molar-refractivity contribution is 9.10. The first-order valence-corrected chi connectivity index (χ1v) is 9.97. The Morgan fingerprint density at radius 2 is 1.88 bits per heavy atom. The first kappa shape index (κ1) is 16.2. The van der Waals surface area contributed by atoms with Crippen molar-refractivity contribution in [1.82, 2.24) is 20.2 Å². The van der Waals surface area contributed by atoms with E-state index in [1.807, 2.05) is 6.07 Å². The third-order valence-corrected chi connectivity index (χ3v) is 5.81. The van der Waals surface area contributed by atoms with E-state index in [1.165, 1.54) is 0 Å². The minimum atomic E-state index is -3.66. The topological polar surface area (TPSA) is 89.8 Å². The van der Waals surface area contributed by atoms with Gasteiger partial charge in [-0.1, -0.05) is 28.1 Å². The van der Waals surface area contributed by atoms with Crippen molar-refractivity contribution >= 4 is 31.6 Å². The summed E-state index contributed by atoms with van der Waals surface area (Å²) in [5.74, 6) is 0.646. The molecule has 1 fully saturated rings. The van der Waals surface area contributed by atoms with Crippen LogP contribution in [0, 0.1) is 0 Å². The van der Waals surface area contributed by atoms with Crippen LogP contribution in [0.25, 0.3) is 11.4 Å². The zero-order chi connectivity index (χ0) is 17.4. The minimum Gasteiger partial charge on any atom is -0.280 e. The van der Waals surface area contributed by atoms with Gasteiger partial charge in [-0.05, 0) is 59.7 Å². The Kier molecular flexibility index (Phi) is 4.04. The third kappa shape index (κ3) is 3.42. The summed E-state index contributed by atoms with van der Waals surface area (Å²) in [4.78, 5) is 0.198. The first-order chi connectivity index (χ1) is 12.0. The van der Waals surface area contributed by atoms with Gasteiger partial charge < -0.3 is 0 Å². The van der Waals surface area contributed by atoms with Crippen LogP contribution in [0.2, 0.25) is 0 Å². The summed E-state index contributed by atoms with van der Waals surface area (Å²) in [6.45, 7) is 0. The molecule has 3 aromatic rings. The molecule has 9 heteroatoms. The zero-order valence-corrected chi connectivity index (χ0v) is 15.4. The van der Waals surface area contributed by atoms with Crippen molar-refractivity contribution in [2.45, 2.75) is 23.8 Å². The van der Waals surface area contributed by atoms with Crippen molar-refractivity contribution in [3.63, 3.8) is 0 Å². The van der Waals surface area contributed by atoms with Gasteiger partial charge in [0.15, 0.2) is 5.82 Å². The lowest BCUT2D eigenvalue weighted by Crippen LogP contribution is -2.12. The molecule has 0 aliphatic heterocycles. The Morgan fingerprint density at radius 3 is 2.60 bits per heavy atom. The molecule has 7 nitrogen and oxygen atoms in total. The van der Waals surface area contributed by atoms with E-state index in [0.717, 1.165) is 22.9 Å². The Labute approximate surface area is 153 Å². The lowest BCUT2D eigenvalue weighted by Gasteiger charge is -2.10. The lowest BCUT2D eigenvalue weighted by atomic mass is 10.2. The molecule has 0 amide bonds. The molecule has 128 valence electrons. The van der Waals surface area contributed by atoms with Gasteiger partial charge in [0.1, 0.15) is 0 Å². The molecule has 1 N–H and O–H groups in total. The monoisotopic (exact) mass is 419 g/mol. The van der Waals surface area contributed by atoms with Crippen molar-refractivity contribution in [2.75, 3.05) is 4.72 Å². The number of anilines is 1. The molecular formula is C16H14BrN5O2S. The van der Waals surface area contributed by atoms with Crippen LogP contribution in [0.3, 0.4) is 0 Å². The van der Waals surface area contributed by atoms with Crippen molar-refractivity contribution in [3.05, 3.63) is 53.0 Å². The fourth-order valence-electron chi connectivity index (χ4n) is 2.50. The molecule has 25 heavy (non-hydrogen) atoms. The van der Waals surface area contributed by atoms with Crippen LogP contribution in [0.4, 0.5) is 5.69 Å². The van der Waals surface area contributed by atoms with Crippen LogP contribution in [-0.4, -0.2) is 28.6 Å². The van der Waals surface area contributed by atoms with Gasteiger partial charge in [0.25, 0.3) is 10.0 Å². The summed E-state index contributed by atoms with van der Waals surface area (Å²) >= 11 is 3.30. The van der Waals surface area contributed by atoms with E-state index in [2.05, 4.69) is 36.2 Å². The number of aromatic nitrogens is 4. The lowest BCUT2D eigenvalue weighted by molar-refractivity contribution is 0.601. The Bertz CT molecular complexity index is 1010. The molecule has 1 saturated carbocycles. The van der Waals surface area contributed by atoms with Gasteiger partial charge >= 0.3 is 0 Å². The Morgan fingerprint density at radius 1 is 1.12 bits per heavy atom. The van der Waals surface area contributed by atoms with Crippen molar-refractivity contribution in [2.24, 2.45) is 0 Å². The van der Waals surface area contributed by atoms with E-state index in [-0.39, 0.29) is 4.90 Å². The Balaban J connectivity index is 1.63. The molecular weight excluding hydrogens is 406 g/mol. The molecule has 0 bridgehead atoms. The van der Waals surface area contributed by atoms with E-state index in [1.54, 1.807) is 47.1 Å². The van der Waals surface area contributed by atoms with Gasteiger partial charge in [-0.25, -0.2) is 13.1 Å². The first-order valence-electron chi connectivity index (χ1n) is 7.70. The highest BCUT2D eigenvalue weighted by atomic mass is 79.9. The standard InChI is InChI=1S/C16H14BrN5O2S/c17-12-4-8-15(9-5-12)25(23,24)19-13-3-1-2-11(10-13)16-18-20-21-22(16)14-6-7-14/h1-5,8-10,14,19H,6-7H2. The van der Waals surface area contributed by atoms with Gasteiger partial charge in [0, 0.05) is 15.7 Å². The highest BCUT2D eigenvalue weighted by Gasteiger charge is 2.28. The summed E-state index contributed by atoms with van der Waals surface area (Å²) < 4.78 is 30.3. The number of hydrogen-bond donors (Lipinski definition) is 1. The van der Waals surface area contributed by atoms with E-state index < -0.39 is 10.0 Å². The van der Waals surface area contributed by atoms with Crippen molar-refractivity contribution in [3.8, 4) is 11.4 Å². The number of hydrogen-bond acceptors (Lipinski definition) is 5. The molecule has 1 aromatic heterocycles. The predicted octanol–water partition coefficient (Wildman–Crippen LogP) is 3.24. The number of benzene rings is 2. The smallest absolute Gasteiger partial charge is 0.261 e. The summed E-state index contributed by atoms with van der Waals surface area (Å²) in [5.41, 5.74) is 1.23. The van der Waals surface area contributed by atoms with Gasteiger partial charge in [0.2, 0.25) is 0 Å². The number of halogens is 1. The number of sulfonamides is 1. The van der Waals surface area contributed by atoms with Gasteiger partial charge in [-0.3, -0.25) is 4.72 Å². The summed E-state index contributed by atoms with van der Waals surface area (Å²) in [6, 6.07) is 13.9. The molecule has 0 radical (unpaired) electrons. The van der Waals surface area contributed by atoms with Gasteiger partial charge in [-0.15, -0.1) is 5.10 Å². The number of rotatable bonds is 5. The van der Waals surface area contributed by atoms with E-state index in [9.17, 15) is 8.42 Å². The molecule has 0 atom stereocenters. The SMILES string of the molecule is O=S(=O)(Nc1cccc(-c2nnnn2C2CC2)c1)c1ccc(Br)cc1. The summed E-state index contributed by atoms with van der Waals surface area (Å²) in [6.07, 6.45) is 2.13. The van der Waals surface area contributed by atoms with Crippen LogP contribution in [0.5, 0.6) is 0 Å². The molecule has 1 heterocycles. The predicted molar refractivity (Wildman–Crippen MR) is 96.5 cm³/mol. The van der Waals surface area contributed by atoms with Crippen LogP contribution >= 0.6 is 15.9 Å². The summed E-state index contributed by atoms with van der Waals surface area (Å²) in [7, 11) is -3.66. The number of nitrogens with one attached hydrogen (secondary N) is 1. The maximum atomic E-state index is 12.5. The summed E-state index contributed by atoms with van der Waals surface area (Å²) in [5, 5.41) is 11.8. The second-order valence-electron chi connectivity index (χ2n) is 5.82. The molecule has 0 spiro atoms. The van der Waals surface area contributed by atoms with Crippen LogP contribution in [0.15, 0.2) is 57.9 Å². The average Bonchev–Trinajstić information content (AvgIpc) is 3.32. The molecule has 0 saturated heterocycles. The van der Waals surface area contributed by atoms with Crippen molar-refractivity contribution in [1.29, 1.82) is 0 Å². The maximum Gasteiger partial charge on any atom is 0.261 e. The van der Waals surface area contributed by atoms with Crippen LogP contribution < -0.4 is 4.72 Å². The molecule has 0 unspecified atom stereocenters. The zero-order valence-electron chi connectivity index (χ0n) is 13.0. The highest BCUT2D eigenvalue weighted by Crippen LogP contribution is 2.36. The maximum absolute atomic E-state index is 12.5. The van der Waals surface area contributed by atoms with Crippen LogP contribution in [-0.2, 0) is 10.0 Å². The fraction of sp³-hybridized carbons (Fsp3) is 0.188. The molecule has 2 aromatic carbocycles. The molecule has 1 aliphatic rings. The van der Waals surface area contributed by atoms with Gasteiger partial charge in [-0.2, -0.15) is 0 Å². The number of tetrazole rings is 1. The van der Waals surface area contributed by atoms with E-state index >= 15 is 0 Å². The molecule has 4 rings (SSSR count). The largest absolute Gasteiger partial charge is 0.280 e. The number of nitrogens with zero attached hydrogens (tertiary/aromatic N) is 4. The quantitative estimate of drug-likeness (QED) is 0.685. The second-order valence-corrected chi connectivity index (χ2v) is 8.42. The minimum absolute atomic E-state index is 0.198. The van der Waals surface area contributed by atoms with E-state index in [0.29, 0.717) is 17.6 Å². The Hall–Kier alpha value is -2.26. The van der Waals surface area contributed by atoms with Crippen LogP contribution in [0.1, 0.15) is 18.9 Å². The average molecular weight is 420 g/mol. The normalized spacial score (nSPS) is 14.4. The van der Waals surface area contributed by atoms with Crippen molar-refractivity contribution < 1.29 is 8.42 Å². The van der Waals surface area contributed by atoms with E-state index in [4.69, 9.17) is 0 Å².